The summed E-state index contributed by atoms with van der Waals surface area (Å²) in [4.78, 5) is 14.6. The van der Waals surface area contributed by atoms with E-state index in [0.717, 1.165) is 45.6 Å². The summed E-state index contributed by atoms with van der Waals surface area (Å²) in [5.74, 6) is 0.371. The number of hydrogen-bond donors (Lipinski definition) is 1. The standard InChI is InChI=1S/C17H26N4O/c22-15-2-3-16(6-9-18-10-7-16)12-20(15)13-17(4-5-17)14-21-11-1-8-19-21/h1,8,11,18H,2-7,9-10,12-14H2. The van der Waals surface area contributed by atoms with Crippen molar-refractivity contribution in [2.45, 2.75) is 45.1 Å². The van der Waals surface area contributed by atoms with Gasteiger partial charge in [-0.25, -0.2) is 0 Å². The minimum absolute atomic E-state index is 0.285. The Morgan fingerprint density at radius 1 is 1.14 bits per heavy atom. The van der Waals surface area contributed by atoms with Crippen LogP contribution in [0.5, 0.6) is 0 Å². The number of piperidine rings is 2. The summed E-state index contributed by atoms with van der Waals surface area (Å²) in [5, 5.41) is 7.80. The van der Waals surface area contributed by atoms with Crippen molar-refractivity contribution in [3.05, 3.63) is 18.5 Å². The molecular formula is C17H26N4O. The van der Waals surface area contributed by atoms with Crippen LogP contribution in [0.25, 0.3) is 0 Å². The van der Waals surface area contributed by atoms with Gasteiger partial charge < -0.3 is 10.2 Å². The molecule has 22 heavy (non-hydrogen) atoms. The maximum Gasteiger partial charge on any atom is 0.222 e. The van der Waals surface area contributed by atoms with E-state index in [4.69, 9.17) is 0 Å². The summed E-state index contributed by atoms with van der Waals surface area (Å²) >= 11 is 0. The van der Waals surface area contributed by atoms with Crippen molar-refractivity contribution in [1.82, 2.24) is 20.0 Å². The van der Waals surface area contributed by atoms with E-state index in [0.29, 0.717) is 11.3 Å². The molecule has 3 heterocycles. The Morgan fingerprint density at radius 2 is 1.95 bits per heavy atom. The molecule has 3 fully saturated rings. The maximum absolute atomic E-state index is 12.4. The van der Waals surface area contributed by atoms with Gasteiger partial charge in [-0.3, -0.25) is 9.48 Å². The van der Waals surface area contributed by atoms with Gasteiger partial charge in [-0.2, -0.15) is 5.10 Å². The number of hydrogen-bond acceptors (Lipinski definition) is 3. The zero-order chi connectivity index (χ0) is 15.0. The molecular weight excluding hydrogens is 276 g/mol. The van der Waals surface area contributed by atoms with E-state index < -0.39 is 0 Å². The quantitative estimate of drug-likeness (QED) is 0.920. The molecule has 0 radical (unpaired) electrons. The molecule has 120 valence electrons. The first-order valence-corrected chi connectivity index (χ1v) is 8.65. The summed E-state index contributed by atoms with van der Waals surface area (Å²) in [5.41, 5.74) is 0.675. The van der Waals surface area contributed by atoms with Gasteiger partial charge in [-0.1, -0.05) is 0 Å². The van der Waals surface area contributed by atoms with Crippen LogP contribution < -0.4 is 5.32 Å². The van der Waals surface area contributed by atoms with Crippen LogP contribution in [0.4, 0.5) is 0 Å². The highest BCUT2D eigenvalue weighted by Gasteiger charge is 2.48. The second-order valence-electron chi connectivity index (χ2n) is 7.70. The zero-order valence-corrected chi connectivity index (χ0v) is 13.3. The van der Waals surface area contributed by atoms with Crippen LogP contribution in [0, 0.1) is 10.8 Å². The van der Waals surface area contributed by atoms with Gasteiger partial charge in [0.2, 0.25) is 5.91 Å². The average Bonchev–Trinajstić information content (AvgIpc) is 3.07. The first-order chi connectivity index (χ1) is 10.7. The fourth-order valence-electron chi connectivity index (χ4n) is 4.30. The van der Waals surface area contributed by atoms with Crippen LogP contribution in [0.2, 0.25) is 0 Å². The molecule has 1 aliphatic carbocycles. The topological polar surface area (TPSA) is 50.2 Å². The number of rotatable bonds is 4. The smallest absolute Gasteiger partial charge is 0.222 e. The van der Waals surface area contributed by atoms with Crippen molar-refractivity contribution in [2.75, 3.05) is 26.2 Å². The van der Waals surface area contributed by atoms with Gasteiger partial charge in [0.1, 0.15) is 0 Å². The normalized spacial score (nSPS) is 26.4. The first kappa shape index (κ1) is 14.2. The second-order valence-corrected chi connectivity index (χ2v) is 7.70. The molecule has 1 N–H and O–H groups in total. The van der Waals surface area contributed by atoms with Crippen LogP contribution in [0.1, 0.15) is 38.5 Å². The lowest BCUT2D eigenvalue weighted by atomic mass is 9.72. The molecule has 2 aliphatic heterocycles. The summed E-state index contributed by atoms with van der Waals surface area (Å²) in [6.07, 6.45) is 10.6. The molecule has 0 atom stereocenters. The summed E-state index contributed by atoms with van der Waals surface area (Å²) in [7, 11) is 0. The molecule has 1 aromatic rings. The van der Waals surface area contributed by atoms with E-state index in [1.165, 1.54) is 25.7 Å². The minimum atomic E-state index is 0.285. The predicted octanol–water partition coefficient (Wildman–Crippen LogP) is 1.66. The van der Waals surface area contributed by atoms with Gasteiger partial charge in [0.25, 0.3) is 0 Å². The number of aromatic nitrogens is 2. The highest BCUT2D eigenvalue weighted by atomic mass is 16.2. The van der Waals surface area contributed by atoms with Gasteiger partial charge in [-0.05, 0) is 56.7 Å². The second kappa shape index (κ2) is 5.37. The monoisotopic (exact) mass is 302 g/mol. The van der Waals surface area contributed by atoms with Crippen LogP contribution >= 0.6 is 0 Å². The van der Waals surface area contributed by atoms with E-state index in [1.54, 1.807) is 0 Å². The molecule has 0 aromatic carbocycles. The third-order valence-corrected chi connectivity index (χ3v) is 5.95. The highest BCUT2D eigenvalue weighted by molar-refractivity contribution is 5.77. The number of carbonyl (C=O) groups is 1. The molecule has 3 aliphatic rings. The predicted molar refractivity (Wildman–Crippen MR) is 84.2 cm³/mol. The van der Waals surface area contributed by atoms with Crippen molar-refractivity contribution in [3.8, 4) is 0 Å². The lowest BCUT2D eigenvalue weighted by Crippen LogP contribution is -2.52. The Kier molecular flexibility index (Phi) is 3.48. The van der Waals surface area contributed by atoms with Crippen molar-refractivity contribution >= 4 is 5.91 Å². The largest absolute Gasteiger partial charge is 0.342 e. The molecule has 1 aromatic heterocycles. The third-order valence-electron chi connectivity index (χ3n) is 5.95. The molecule has 1 amide bonds. The van der Waals surface area contributed by atoms with E-state index in [-0.39, 0.29) is 5.41 Å². The summed E-state index contributed by atoms with van der Waals surface area (Å²) in [6.45, 7) is 5.09. The minimum Gasteiger partial charge on any atom is -0.342 e. The SMILES string of the molecule is O=C1CCC2(CCNCC2)CN1CC1(Cn2cccn2)CC1. The van der Waals surface area contributed by atoms with Gasteiger partial charge in [-0.15, -0.1) is 0 Å². The number of nitrogens with one attached hydrogen (secondary N) is 1. The van der Waals surface area contributed by atoms with Crippen molar-refractivity contribution in [3.63, 3.8) is 0 Å². The van der Waals surface area contributed by atoms with Crippen LogP contribution in [0.15, 0.2) is 18.5 Å². The van der Waals surface area contributed by atoms with Gasteiger partial charge >= 0.3 is 0 Å². The average molecular weight is 302 g/mol. The Hall–Kier alpha value is -1.36. The Balaban J connectivity index is 1.43. The molecule has 1 spiro atoms. The zero-order valence-electron chi connectivity index (χ0n) is 13.3. The van der Waals surface area contributed by atoms with Gasteiger partial charge in [0, 0.05) is 43.9 Å². The van der Waals surface area contributed by atoms with Crippen molar-refractivity contribution in [2.24, 2.45) is 10.8 Å². The fraction of sp³-hybridized carbons (Fsp3) is 0.765. The Morgan fingerprint density at radius 3 is 2.64 bits per heavy atom. The lowest BCUT2D eigenvalue weighted by molar-refractivity contribution is -0.139. The molecule has 5 nitrogen and oxygen atoms in total. The van der Waals surface area contributed by atoms with E-state index in [9.17, 15) is 4.79 Å². The van der Waals surface area contributed by atoms with Gasteiger partial charge in [0.05, 0.1) is 0 Å². The van der Waals surface area contributed by atoms with Gasteiger partial charge in [0.15, 0.2) is 0 Å². The molecule has 4 rings (SSSR count). The molecule has 0 unspecified atom stereocenters. The molecule has 0 bridgehead atoms. The third kappa shape index (κ3) is 2.78. The maximum atomic E-state index is 12.4. The number of likely N-dealkylation sites (tertiary alicyclic amines) is 1. The molecule has 2 saturated heterocycles. The highest BCUT2D eigenvalue weighted by Crippen LogP contribution is 2.49. The number of amides is 1. The fourth-order valence-corrected chi connectivity index (χ4v) is 4.30. The lowest BCUT2D eigenvalue weighted by Gasteiger charge is -2.46. The molecule has 1 saturated carbocycles. The van der Waals surface area contributed by atoms with Crippen LogP contribution in [-0.2, 0) is 11.3 Å². The summed E-state index contributed by atoms with van der Waals surface area (Å²) in [6, 6.07) is 1.98. The number of carbonyl (C=O) groups excluding carboxylic acids is 1. The van der Waals surface area contributed by atoms with Crippen LogP contribution in [0.3, 0.4) is 0 Å². The Labute approximate surface area is 132 Å². The molecule has 5 heteroatoms. The van der Waals surface area contributed by atoms with Crippen LogP contribution in [-0.4, -0.2) is 46.8 Å². The summed E-state index contributed by atoms with van der Waals surface area (Å²) < 4.78 is 2.03. The van der Waals surface area contributed by atoms with E-state index in [2.05, 4.69) is 15.3 Å². The Bertz CT molecular complexity index is 529. The first-order valence-electron chi connectivity index (χ1n) is 8.65. The number of nitrogens with zero attached hydrogens (tertiary/aromatic N) is 3. The van der Waals surface area contributed by atoms with Crippen molar-refractivity contribution < 1.29 is 4.79 Å². The van der Waals surface area contributed by atoms with Crippen molar-refractivity contribution in [1.29, 1.82) is 0 Å². The van der Waals surface area contributed by atoms with E-state index >= 15 is 0 Å². The van der Waals surface area contributed by atoms with E-state index in [1.807, 2.05) is 23.1 Å².